The van der Waals surface area contributed by atoms with Crippen LogP contribution in [0.2, 0.25) is 0 Å². The van der Waals surface area contributed by atoms with E-state index in [0.29, 0.717) is 23.6 Å². The Labute approximate surface area is 233 Å². The molecule has 2 aromatic heterocycles. The minimum absolute atomic E-state index is 0.141. The van der Waals surface area contributed by atoms with Gasteiger partial charge in [-0.3, -0.25) is 0 Å². The summed E-state index contributed by atoms with van der Waals surface area (Å²) in [6, 6.07) is 6.82. The summed E-state index contributed by atoms with van der Waals surface area (Å²) in [6.07, 6.45) is 7.29. The lowest BCUT2D eigenvalue weighted by Crippen LogP contribution is -2.45. The molecular formula is C29H37N7O4. The number of rotatable bonds is 9. The van der Waals surface area contributed by atoms with E-state index in [0.717, 1.165) is 72.9 Å². The number of allylic oxidation sites excluding steroid dienone is 1. The second kappa shape index (κ2) is 12.0. The fourth-order valence-electron chi connectivity index (χ4n) is 5.49. The SMILES string of the molecule is CCCCNc1ncc2c(-c3ccc(C4NC(=O)NC(CC)=C4C(=O)OC)cc3)nn([C@H]3CC[C@H](O)CC3)c2n1. The molecule has 1 fully saturated rings. The van der Waals surface area contributed by atoms with Crippen molar-refractivity contribution < 1.29 is 19.4 Å². The second-order valence-electron chi connectivity index (χ2n) is 10.4. The second-order valence-corrected chi connectivity index (χ2v) is 10.4. The quantitative estimate of drug-likeness (QED) is 0.228. The number of aliphatic hydroxyl groups is 1. The number of esters is 1. The Morgan fingerprint density at radius 2 is 1.93 bits per heavy atom. The first-order valence-corrected chi connectivity index (χ1v) is 14.1. The van der Waals surface area contributed by atoms with Gasteiger partial charge in [0.2, 0.25) is 5.95 Å². The maximum Gasteiger partial charge on any atom is 0.337 e. The molecule has 5 rings (SSSR count). The number of anilines is 1. The number of unbranched alkanes of at least 4 members (excludes halogenated alkanes) is 1. The van der Waals surface area contributed by atoms with E-state index in [1.165, 1.54) is 7.11 Å². The number of ether oxygens (including phenoxy) is 1. The van der Waals surface area contributed by atoms with E-state index in [2.05, 4.69) is 27.9 Å². The number of nitrogens with zero attached hydrogens (tertiary/aromatic N) is 4. The maximum absolute atomic E-state index is 12.6. The molecule has 1 unspecified atom stereocenters. The molecule has 1 aliphatic carbocycles. The Morgan fingerprint density at radius 3 is 2.60 bits per heavy atom. The smallest absolute Gasteiger partial charge is 0.337 e. The molecule has 0 bridgehead atoms. The molecule has 1 aromatic carbocycles. The highest BCUT2D eigenvalue weighted by molar-refractivity contribution is 5.95. The van der Waals surface area contributed by atoms with E-state index >= 15 is 0 Å². The minimum atomic E-state index is -0.631. The fraction of sp³-hybridized carbons (Fsp3) is 0.483. The van der Waals surface area contributed by atoms with Crippen molar-refractivity contribution in [3.05, 3.63) is 47.3 Å². The number of carbonyl (C=O) groups excluding carboxylic acids is 2. The molecule has 1 aliphatic heterocycles. The van der Waals surface area contributed by atoms with Gasteiger partial charge < -0.3 is 25.8 Å². The number of benzene rings is 1. The number of aromatic nitrogens is 4. The van der Waals surface area contributed by atoms with Crippen LogP contribution in [0.3, 0.4) is 0 Å². The minimum Gasteiger partial charge on any atom is -0.466 e. The maximum atomic E-state index is 12.6. The summed E-state index contributed by atoms with van der Waals surface area (Å²) in [4.78, 5) is 34.4. The van der Waals surface area contributed by atoms with Crippen LogP contribution in [-0.2, 0) is 9.53 Å². The van der Waals surface area contributed by atoms with E-state index in [9.17, 15) is 14.7 Å². The third kappa shape index (κ3) is 5.51. The predicted molar refractivity (Wildman–Crippen MR) is 151 cm³/mol. The monoisotopic (exact) mass is 547 g/mol. The van der Waals surface area contributed by atoms with Crippen molar-refractivity contribution in [2.75, 3.05) is 19.0 Å². The van der Waals surface area contributed by atoms with Gasteiger partial charge in [0.05, 0.1) is 36.3 Å². The molecule has 1 atom stereocenters. The number of methoxy groups -OCH3 is 1. The molecule has 0 radical (unpaired) electrons. The zero-order valence-corrected chi connectivity index (χ0v) is 23.2. The Balaban J connectivity index is 1.51. The molecule has 212 valence electrons. The molecule has 3 heterocycles. The highest BCUT2D eigenvalue weighted by Gasteiger charge is 2.33. The van der Waals surface area contributed by atoms with Gasteiger partial charge in [-0.1, -0.05) is 44.5 Å². The van der Waals surface area contributed by atoms with Crippen LogP contribution in [0.4, 0.5) is 10.7 Å². The summed E-state index contributed by atoms with van der Waals surface area (Å²) >= 11 is 0. The van der Waals surface area contributed by atoms with Crippen LogP contribution in [0.15, 0.2) is 41.7 Å². The van der Waals surface area contributed by atoms with Crippen molar-refractivity contribution >= 4 is 29.0 Å². The van der Waals surface area contributed by atoms with Gasteiger partial charge in [0, 0.05) is 24.0 Å². The summed E-state index contributed by atoms with van der Waals surface area (Å²) in [7, 11) is 1.33. The third-order valence-electron chi connectivity index (χ3n) is 7.70. The van der Waals surface area contributed by atoms with Gasteiger partial charge in [0.25, 0.3) is 0 Å². The van der Waals surface area contributed by atoms with Gasteiger partial charge in [0.15, 0.2) is 5.65 Å². The molecule has 40 heavy (non-hydrogen) atoms. The average molecular weight is 548 g/mol. The summed E-state index contributed by atoms with van der Waals surface area (Å²) < 4.78 is 7.02. The first-order chi connectivity index (χ1) is 19.4. The van der Waals surface area contributed by atoms with Gasteiger partial charge in [-0.25, -0.2) is 19.3 Å². The van der Waals surface area contributed by atoms with Gasteiger partial charge in [-0.2, -0.15) is 10.1 Å². The molecule has 4 N–H and O–H groups in total. The molecule has 2 aliphatic rings. The van der Waals surface area contributed by atoms with Crippen molar-refractivity contribution in [3.8, 4) is 11.3 Å². The number of nitrogens with one attached hydrogen (secondary N) is 3. The van der Waals surface area contributed by atoms with Crippen molar-refractivity contribution in [3.63, 3.8) is 0 Å². The van der Waals surface area contributed by atoms with E-state index in [-0.39, 0.29) is 18.2 Å². The van der Waals surface area contributed by atoms with Gasteiger partial charge in [-0.15, -0.1) is 0 Å². The standard InChI is InChI=1S/C29H37N7O4/c1-4-6-15-30-28-31-16-21-24(35-36(26(21)34-28)19-11-13-20(37)14-12-19)17-7-9-18(10-8-17)25-23(27(38)40-3)22(5-2)32-29(39)33-25/h7-10,16,19-20,25,37H,4-6,11-15H2,1-3H3,(H,30,31,34)(H2,32,33,39)/t19-,20-,25?. The number of amides is 2. The Morgan fingerprint density at radius 1 is 1.18 bits per heavy atom. The van der Waals surface area contributed by atoms with Crippen LogP contribution in [0, 0.1) is 0 Å². The summed E-state index contributed by atoms with van der Waals surface area (Å²) in [5.41, 5.74) is 4.10. The molecule has 0 spiro atoms. The van der Waals surface area contributed by atoms with Crippen molar-refractivity contribution in [2.45, 2.75) is 77.0 Å². The highest BCUT2D eigenvalue weighted by atomic mass is 16.5. The van der Waals surface area contributed by atoms with E-state index in [1.807, 2.05) is 42.1 Å². The normalized spacial score (nSPS) is 21.2. The molecule has 11 heteroatoms. The molecule has 0 saturated heterocycles. The summed E-state index contributed by atoms with van der Waals surface area (Å²) in [5.74, 6) is 0.0941. The first-order valence-electron chi connectivity index (χ1n) is 14.1. The topological polar surface area (TPSA) is 143 Å². The number of aliphatic hydroxyl groups excluding tert-OH is 1. The number of hydrogen-bond acceptors (Lipinski definition) is 8. The zero-order chi connectivity index (χ0) is 28.2. The Hall–Kier alpha value is -3.99. The number of carbonyl (C=O) groups is 2. The van der Waals surface area contributed by atoms with E-state index < -0.39 is 12.0 Å². The van der Waals surface area contributed by atoms with Crippen LogP contribution < -0.4 is 16.0 Å². The van der Waals surface area contributed by atoms with Crippen molar-refractivity contribution in [1.82, 2.24) is 30.4 Å². The number of urea groups is 1. The van der Waals surface area contributed by atoms with Crippen molar-refractivity contribution in [2.24, 2.45) is 0 Å². The van der Waals surface area contributed by atoms with E-state index in [4.69, 9.17) is 14.8 Å². The van der Waals surface area contributed by atoms with Gasteiger partial charge >= 0.3 is 12.0 Å². The molecule has 11 nitrogen and oxygen atoms in total. The van der Waals surface area contributed by atoms with Crippen LogP contribution in [0.25, 0.3) is 22.3 Å². The molecule has 3 aromatic rings. The van der Waals surface area contributed by atoms with Crippen LogP contribution >= 0.6 is 0 Å². The Kier molecular flexibility index (Phi) is 8.29. The lowest BCUT2D eigenvalue weighted by Gasteiger charge is -2.28. The number of fused-ring (bicyclic) bond motifs is 1. The largest absolute Gasteiger partial charge is 0.466 e. The average Bonchev–Trinajstić information content (AvgIpc) is 3.35. The van der Waals surface area contributed by atoms with Gasteiger partial charge in [0.1, 0.15) is 5.69 Å². The zero-order valence-electron chi connectivity index (χ0n) is 23.2. The molecular weight excluding hydrogens is 510 g/mol. The van der Waals surface area contributed by atoms with E-state index in [1.54, 1.807) is 0 Å². The van der Waals surface area contributed by atoms with Crippen molar-refractivity contribution in [1.29, 1.82) is 0 Å². The lowest BCUT2D eigenvalue weighted by atomic mass is 9.93. The third-order valence-corrected chi connectivity index (χ3v) is 7.70. The predicted octanol–water partition coefficient (Wildman–Crippen LogP) is 4.37. The molecule has 1 saturated carbocycles. The first kappa shape index (κ1) is 27.6. The fourth-order valence-corrected chi connectivity index (χ4v) is 5.49. The highest BCUT2D eigenvalue weighted by Crippen LogP contribution is 2.36. The Bertz CT molecular complexity index is 1410. The summed E-state index contributed by atoms with van der Waals surface area (Å²) in [5, 5.41) is 24.8. The van der Waals surface area contributed by atoms with Gasteiger partial charge in [-0.05, 0) is 44.1 Å². The molecule has 2 amide bonds. The lowest BCUT2D eigenvalue weighted by molar-refractivity contribution is -0.136. The summed E-state index contributed by atoms with van der Waals surface area (Å²) in [6.45, 7) is 4.82. The van der Waals surface area contributed by atoms with Crippen LogP contribution in [-0.4, -0.2) is 56.6 Å². The van der Waals surface area contributed by atoms with Crippen LogP contribution in [0.1, 0.15) is 76.4 Å². The van der Waals surface area contributed by atoms with Crippen LogP contribution in [0.5, 0.6) is 0 Å². The number of hydrogen-bond donors (Lipinski definition) is 4.